The molecule has 0 saturated heterocycles. The summed E-state index contributed by atoms with van der Waals surface area (Å²) < 4.78 is 18.2. The summed E-state index contributed by atoms with van der Waals surface area (Å²) in [6.45, 7) is 2.19. The van der Waals surface area contributed by atoms with Crippen LogP contribution in [0.15, 0.2) is 65.5 Å². The third-order valence-corrected chi connectivity index (χ3v) is 4.85. The number of aromatic amines is 1. The molecule has 2 aromatic heterocycles. The predicted octanol–water partition coefficient (Wildman–Crippen LogP) is 3.98. The molecule has 2 aromatic carbocycles. The number of methoxy groups -OCH3 is 2. The maximum absolute atomic E-state index is 12.9. The van der Waals surface area contributed by atoms with Crippen molar-refractivity contribution in [2.75, 3.05) is 14.2 Å². The van der Waals surface area contributed by atoms with Crippen molar-refractivity contribution in [2.45, 2.75) is 19.6 Å². The minimum absolute atomic E-state index is 0.218. The standard InChI is InChI=1S/C23H23N3O4/c1-15(30-20-12-8-7-11-19(20)29-3)17-13-21(27)26-23(24-17)22(18(25-26)14-28-2)16-9-5-4-6-10-16/h4-13,15,25H,14H2,1-3H3/t15-/m1/s1. The summed E-state index contributed by atoms with van der Waals surface area (Å²) in [5, 5.41) is 3.12. The largest absolute Gasteiger partial charge is 0.493 e. The van der Waals surface area contributed by atoms with Gasteiger partial charge in [0.25, 0.3) is 5.56 Å². The molecule has 154 valence electrons. The molecular weight excluding hydrogens is 382 g/mol. The van der Waals surface area contributed by atoms with E-state index in [-0.39, 0.29) is 5.56 Å². The van der Waals surface area contributed by atoms with Crippen LogP contribution in [0.1, 0.15) is 24.4 Å². The monoisotopic (exact) mass is 405 g/mol. The van der Waals surface area contributed by atoms with E-state index in [2.05, 4.69) is 5.10 Å². The molecule has 0 aliphatic carbocycles. The van der Waals surface area contributed by atoms with Gasteiger partial charge in [0.2, 0.25) is 0 Å². The van der Waals surface area contributed by atoms with E-state index in [1.807, 2.05) is 61.5 Å². The average Bonchev–Trinajstić information content (AvgIpc) is 3.13. The number of H-pyrrole nitrogens is 1. The number of nitrogens with zero attached hydrogens (tertiary/aromatic N) is 2. The Hall–Kier alpha value is -3.58. The number of fused-ring (bicyclic) bond motifs is 1. The van der Waals surface area contributed by atoms with Crippen molar-refractivity contribution < 1.29 is 14.2 Å². The molecule has 0 aliphatic rings. The van der Waals surface area contributed by atoms with E-state index in [1.54, 1.807) is 14.2 Å². The zero-order valence-electron chi connectivity index (χ0n) is 17.1. The van der Waals surface area contributed by atoms with Crippen LogP contribution < -0.4 is 15.0 Å². The van der Waals surface area contributed by atoms with Crippen LogP contribution in [0.2, 0.25) is 0 Å². The maximum atomic E-state index is 12.9. The first-order valence-electron chi connectivity index (χ1n) is 9.61. The fourth-order valence-corrected chi connectivity index (χ4v) is 3.43. The Morgan fingerprint density at radius 3 is 2.43 bits per heavy atom. The van der Waals surface area contributed by atoms with Gasteiger partial charge in [0.1, 0.15) is 6.10 Å². The summed E-state index contributed by atoms with van der Waals surface area (Å²) in [6.07, 6.45) is -0.455. The van der Waals surface area contributed by atoms with Gasteiger partial charge in [-0.3, -0.25) is 9.89 Å². The van der Waals surface area contributed by atoms with Gasteiger partial charge in [-0.15, -0.1) is 0 Å². The third-order valence-electron chi connectivity index (χ3n) is 4.85. The van der Waals surface area contributed by atoms with Crippen LogP contribution in [0.25, 0.3) is 16.8 Å². The third kappa shape index (κ3) is 3.67. The molecule has 0 saturated carbocycles. The molecule has 4 rings (SSSR count). The predicted molar refractivity (Wildman–Crippen MR) is 114 cm³/mol. The van der Waals surface area contributed by atoms with Gasteiger partial charge < -0.3 is 14.2 Å². The molecular formula is C23H23N3O4. The van der Waals surface area contributed by atoms with Crippen molar-refractivity contribution in [1.29, 1.82) is 0 Å². The summed E-state index contributed by atoms with van der Waals surface area (Å²) in [6, 6.07) is 18.7. The number of benzene rings is 2. The van der Waals surface area contributed by atoms with Gasteiger partial charge in [-0.25, -0.2) is 9.50 Å². The molecule has 0 aliphatic heterocycles. The molecule has 0 unspecified atom stereocenters. The number of rotatable bonds is 7. The zero-order valence-corrected chi connectivity index (χ0v) is 17.1. The first kappa shape index (κ1) is 19.7. The first-order chi connectivity index (χ1) is 14.6. The molecule has 4 aromatic rings. The Labute approximate surface area is 173 Å². The van der Waals surface area contributed by atoms with Gasteiger partial charge in [-0.2, -0.15) is 0 Å². The average molecular weight is 405 g/mol. The van der Waals surface area contributed by atoms with Gasteiger partial charge in [0, 0.05) is 18.7 Å². The smallest absolute Gasteiger partial charge is 0.273 e. The molecule has 0 radical (unpaired) electrons. The van der Waals surface area contributed by atoms with E-state index in [4.69, 9.17) is 19.2 Å². The number of ether oxygens (including phenoxy) is 3. The van der Waals surface area contributed by atoms with Crippen molar-refractivity contribution in [2.24, 2.45) is 0 Å². The Morgan fingerprint density at radius 2 is 1.73 bits per heavy atom. The minimum Gasteiger partial charge on any atom is -0.493 e. The topological polar surface area (TPSA) is 77.9 Å². The highest BCUT2D eigenvalue weighted by atomic mass is 16.5. The Kier molecular flexibility index (Phi) is 5.54. The van der Waals surface area contributed by atoms with Crippen LogP contribution in [0.5, 0.6) is 11.5 Å². The van der Waals surface area contributed by atoms with Gasteiger partial charge in [-0.05, 0) is 24.6 Å². The number of hydrogen-bond donors (Lipinski definition) is 1. The normalized spacial score (nSPS) is 12.1. The molecule has 7 heteroatoms. The maximum Gasteiger partial charge on any atom is 0.273 e. The van der Waals surface area contributed by atoms with Gasteiger partial charge in [0.05, 0.1) is 25.1 Å². The highest BCUT2D eigenvalue weighted by Gasteiger charge is 2.20. The molecule has 30 heavy (non-hydrogen) atoms. The minimum atomic E-state index is -0.455. The Morgan fingerprint density at radius 1 is 1.03 bits per heavy atom. The van der Waals surface area contributed by atoms with Crippen molar-refractivity contribution in [3.63, 3.8) is 0 Å². The van der Waals surface area contributed by atoms with E-state index in [0.29, 0.717) is 29.4 Å². The molecule has 7 nitrogen and oxygen atoms in total. The molecule has 2 heterocycles. The lowest BCUT2D eigenvalue weighted by atomic mass is 10.1. The quantitative estimate of drug-likeness (QED) is 0.503. The van der Waals surface area contributed by atoms with E-state index >= 15 is 0 Å². The number of nitrogens with one attached hydrogen (secondary N) is 1. The lowest BCUT2D eigenvalue weighted by Gasteiger charge is -2.16. The second kappa shape index (κ2) is 8.42. The lowest BCUT2D eigenvalue weighted by molar-refractivity contribution is 0.181. The van der Waals surface area contributed by atoms with Crippen molar-refractivity contribution >= 4 is 5.65 Å². The highest BCUT2D eigenvalue weighted by molar-refractivity contribution is 5.79. The van der Waals surface area contributed by atoms with E-state index < -0.39 is 6.10 Å². The van der Waals surface area contributed by atoms with Crippen LogP contribution >= 0.6 is 0 Å². The second-order valence-electron chi connectivity index (χ2n) is 6.85. The number of para-hydroxylation sites is 2. The molecule has 0 fully saturated rings. The number of hydrogen-bond acceptors (Lipinski definition) is 5. The van der Waals surface area contributed by atoms with E-state index in [0.717, 1.165) is 16.8 Å². The molecule has 0 spiro atoms. The van der Waals surface area contributed by atoms with Crippen LogP contribution in [0.3, 0.4) is 0 Å². The highest BCUT2D eigenvalue weighted by Crippen LogP contribution is 2.31. The van der Waals surface area contributed by atoms with Crippen molar-refractivity contribution in [3.8, 4) is 22.6 Å². The van der Waals surface area contributed by atoms with Crippen LogP contribution in [-0.2, 0) is 11.3 Å². The van der Waals surface area contributed by atoms with E-state index in [9.17, 15) is 4.79 Å². The van der Waals surface area contributed by atoms with Crippen LogP contribution in [0, 0.1) is 0 Å². The summed E-state index contributed by atoms with van der Waals surface area (Å²) >= 11 is 0. The summed E-state index contributed by atoms with van der Waals surface area (Å²) in [5.74, 6) is 1.21. The van der Waals surface area contributed by atoms with Gasteiger partial charge >= 0.3 is 0 Å². The van der Waals surface area contributed by atoms with Crippen LogP contribution in [-0.4, -0.2) is 28.8 Å². The Bertz CT molecular complexity index is 1210. The zero-order chi connectivity index (χ0) is 21.1. The molecule has 1 N–H and O–H groups in total. The number of aromatic nitrogens is 3. The lowest BCUT2D eigenvalue weighted by Crippen LogP contribution is -2.18. The fourth-order valence-electron chi connectivity index (χ4n) is 3.43. The second-order valence-corrected chi connectivity index (χ2v) is 6.85. The van der Waals surface area contributed by atoms with Crippen molar-refractivity contribution in [1.82, 2.24) is 14.6 Å². The first-order valence-corrected chi connectivity index (χ1v) is 9.61. The van der Waals surface area contributed by atoms with Gasteiger partial charge in [-0.1, -0.05) is 42.5 Å². The summed E-state index contributed by atoms with van der Waals surface area (Å²) in [5.41, 5.74) is 3.41. The van der Waals surface area contributed by atoms with Crippen LogP contribution in [0.4, 0.5) is 0 Å². The summed E-state index contributed by atoms with van der Waals surface area (Å²) in [4.78, 5) is 17.6. The fraction of sp³-hybridized carbons (Fsp3) is 0.217. The summed E-state index contributed by atoms with van der Waals surface area (Å²) in [7, 11) is 3.21. The van der Waals surface area contributed by atoms with Gasteiger partial charge in [0.15, 0.2) is 17.1 Å². The Balaban J connectivity index is 1.81. The molecule has 1 atom stereocenters. The molecule has 0 amide bonds. The van der Waals surface area contributed by atoms with E-state index in [1.165, 1.54) is 10.6 Å². The molecule has 0 bridgehead atoms. The SMILES string of the molecule is COCc1[nH]n2c(=O)cc([C@@H](C)Oc3ccccc3OC)nc2c1-c1ccccc1. The van der Waals surface area contributed by atoms with Crippen molar-refractivity contribution in [3.05, 3.63) is 82.4 Å².